The van der Waals surface area contributed by atoms with Gasteiger partial charge in [0.15, 0.2) is 0 Å². The van der Waals surface area contributed by atoms with Gasteiger partial charge in [-0.3, -0.25) is 24.1 Å². The summed E-state index contributed by atoms with van der Waals surface area (Å²) < 4.78 is 5.23. The molecule has 5 rings (SSSR count). The molecule has 0 bridgehead atoms. The number of carbonyl (C=O) groups is 4. The molecule has 4 aromatic rings. The van der Waals surface area contributed by atoms with Gasteiger partial charge in [-0.15, -0.1) is 0 Å². The predicted octanol–water partition coefficient (Wildman–Crippen LogP) is 5.25. The number of fused-ring (bicyclic) bond motifs is 1. The first-order chi connectivity index (χ1) is 20.2. The summed E-state index contributed by atoms with van der Waals surface area (Å²) in [6.07, 6.45) is 0. The van der Waals surface area contributed by atoms with E-state index >= 15 is 0 Å². The van der Waals surface area contributed by atoms with Crippen molar-refractivity contribution in [1.29, 1.82) is 0 Å². The molecule has 1 aliphatic rings. The molecule has 0 radical (unpaired) electrons. The summed E-state index contributed by atoms with van der Waals surface area (Å²) in [5, 5.41) is 2.94. The van der Waals surface area contributed by atoms with Crippen molar-refractivity contribution in [2.45, 2.75) is 26.4 Å². The summed E-state index contributed by atoms with van der Waals surface area (Å²) in [6.45, 7) is 3.62. The summed E-state index contributed by atoms with van der Waals surface area (Å²) in [7, 11) is 1.56. The molecule has 1 heterocycles. The minimum absolute atomic E-state index is 0.102. The molecular formula is C34H31N3O5. The Balaban J connectivity index is 1.54. The molecule has 1 aliphatic heterocycles. The number of nitrogens with zero attached hydrogens (tertiary/aromatic N) is 2. The molecule has 0 saturated carbocycles. The van der Waals surface area contributed by atoms with Crippen molar-refractivity contribution in [3.05, 3.63) is 125 Å². The smallest absolute Gasteiger partial charge is 0.299 e. The van der Waals surface area contributed by atoms with Gasteiger partial charge in [-0.1, -0.05) is 71.8 Å². The van der Waals surface area contributed by atoms with Gasteiger partial charge in [0.1, 0.15) is 18.3 Å². The van der Waals surface area contributed by atoms with Crippen LogP contribution in [0.3, 0.4) is 0 Å². The van der Waals surface area contributed by atoms with Gasteiger partial charge < -0.3 is 15.0 Å². The average molecular weight is 562 g/mol. The minimum Gasteiger partial charge on any atom is -0.497 e. The van der Waals surface area contributed by atoms with Crippen LogP contribution < -0.4 is 15.0 Å². The number of Topliss-reactive ketones (excluding diaryl/α,β-unsaturated/α-hetero) is 1. The fourth-order valence-corrected chi connectivity index (χ4v) is 4.95. The fraction of sp³-hybridized carbons (Fsp3) is 0.176. The Kier molecular flexibility index (Phi) is 8.15. The summed E-state index contributed by atoms with van der Waals surface area (Å²) in [5.74, 6) is -1.69. The van der Waals surface area contributed by atoms with Gasteiger partial charge in [-0.25, -0.2) is 0 Å². The highest BCUT2D eigenvalue weighted by atomic mass is 16.5. The van der Waals surface area contributed by atoms with Crippen LogP contribution in [0.1, 0.15) is 38.7 Å². The van der Waals surface area contributed by atoms with Crippen LogP contribution in [0, 0.1) is 13.8 Å². The van der Waals surface area contributed by atoms with E-state index in [2.05, 4.69) is 5.32 Å². The highest BCUT2D eigenvalue weighted by Crippen LogP contribution is 2.31. The van der Waals surface area contributed by atoms with E-state index in [4.69, 9.17) is 4.74 Å². The maximum atomic E-state index is 14.2. The average Bonchev–Trinajstić information content (AvgIpc) is 3.24. The van der Waals surface area contributed by atoms with Crippen LogP contribution in [0.25, 0.3) is 0 Å². The van der Waals surface area contributed by atoms with Gasteiger partial charge >= 0.3 is 0 Å². The van der Waals surface area contributed by atoms with Gasteiger partial charge in [-0.2, -0.15) is 0 Å². The molecule has 0 aliphatic carbocycles. The second-order valence-electron chi connectivity index (χ2n) is 10.3. The third kappa shape index (κ3) is 5.93. The monoisotopic (exact) mass is 561 g/mol. The molecule has 4 aromatic carbocycles. The third-order valence-corrected chi connectivity index (χ3v) is 7.28. The zero-order chi connectivity index (χ0) is 29.8. The first-order valence-electron chi connectivity index (χ1n) is 13.6. The van der Waals surface area contributed by atoms with E-state index in [1.54, 1.807) is 55.6 Å². The van der Waals surface area contributed by atoms with Crippen molar-refractivity contribution < 1.29 is 23.9 Å². The van der Waals surface area contributed by atoms with E-state index in [1.807, 2.05) is 62.4 Å². The Bertz CT molecular complexity index is 1630. The van der Waals surface area contributed by atoms with Crippen LogP contribution in [0.2, 0.25) is 0 Å². The molecule has 1 unspecified atom stereocenters. The molecule has 0 spiro atoms. The van der Waals surface area contributed by atoms with Crippen molar-refractivity contribution in [2.75, 3.05) is 23.9 Å². The number of ketones is 1. The number of para-hydroxylation sites is 1. The van der Waals surface area contributed by atoms with Crippen molar-refractivity contribution in [3.8, 4) is 5.75 Å². The fourth-order valence-electron chi connectivity index (χ4n) is 4.95. The SMILES string of the molecule is COc1ccc(NC(=O)C(c2ccc(C)cc2)N(Cc2ccc(C)cc2)C(=O)CN2C(=O)C(=O)c3ccccc32)cc1. The van der Waals surface area contributed by atoms with Crippen molar-refractivity contribution in [1.82, 2.24) is 4.90 Å². The molecule has 8 nitrogen and oxygen atoms in total. The van der Waals surface area contributed by atoms with Gasteiger partial charge in [0.05, 0.1) is 18.4 Å². The van der Waals surface area contributed by atoms with Crippen LogP contribution in [-0.4, -0.2) is 42.1 Å². The lowest BCUT2D eigenvalue weighted by Crippen LogP contribution is -2.46. The van der Waals surface area contributed by atoms with Gasteiger partial charge in [0.2, 0.25) is 5.91 Å². The Morgan fingerprint density at radius 3 is 2.10 bits per heavy atom. The molecular weight excluding hydrogens is 530 g/mol. The minimum atomic E-state index is -1.04. The molecule has 0 saturated heterocycles. The second-order valence-corrected chi connectivity index (χ2v) is 10.3. The number of methoxy groups -OCH3 is 1. The maximum Gasteiger partial charge on any atom is 0.299 e. The number of nitrogens with one attached hydrogen (secondary N) is 1. The second kappa shape index (κ2) is 12.1. The molecule has 0 aromatic heterocycles. The Hall–Kier alpha value is -5.24. The van der Waals surface area contributed by atoms with Crippen molar-refractivity contribution in [2.24, 2.45) is 0 Å². The standard InChI is InChI=1S/C34H31N3O5/c1-22-8-12-24(13-9-22)20-37(30(38)21-36-29-7-5-4-6-28(29)32(39)34(36)41)31(25-14-10-23(2)11-15-25)33(40)35-26-16-18-27(42-3)19-17-26/h4-19,31H,20-21H2,1-3H3,(H,35,40). The largest absolute Gasteiger partial charge is 0.497 e. The van der Waals surface area contributed by atoms with Gasteiger partial charge in [-0.05, 0) is 61.4 Å². The predicted molar refractivity (Wildman–Crippen MR) is 160 cm³/mol. The van der Waals surface area contributed by atoms with Gasteiger partial charge in [0.25, 0.3) is 17.6 Å². The maximum absolute atomic E-state index is 14.2. The Labute approximate surface area is 244 Å². The summed E-state index contributed by atoms with van der Waals surface area (Å²) >= 11 is 0. The van der Waals surface area contributed by atoms with Crippen LogP contribution >= 0.6 is 0 Å². The molecule has 1 N–H and O–H groups in total. The zero-order valence-electron chi connectivity index (χ0n) is 23.7. The van der Waals surface area contributed by atoms with Gasteiger partial charge in [0, 0.05) is 12.2 Å². The first kappa shape index (κ1) is 28.3. The lowest BCUT2D eigenvalue weighted by atomic mass is 10.0. The van der Waals surface area contributed by atoms with E-state index in [0.29, 0.717) is 22.7 Å². The number of carbonyl (C=O) groups excluding carboxylic acids is 4. The van der Waals surface area contributed by atoms with Crippen LogP contribution in [0.4, 0.5) is 11.4 Å². The molecule has 8 heteroatoms. The topological polar surface area (TPSA) is 96.0 Å². The molecule has 42 heavy (non-hydrogen) atoms. The number of ether oxygens (including phenoxy) is 1. The highest BCUT2D eigenvalue weighted by Gasteiger charge is 2.39. The Morgan fingerprint density at radius 2 is 1.45 bits per heavy atom. The summed E-state index contributed by atoms with van der Waals surface area (Å²) in [5.41, 5.74) is 4.65. The van der Waals surface area contributed by atoms with Crippen LogP contribution in [0.15, 0.2) is 97.1 Å². The first-order valence-corrected chi connectivity index (χ1v) is 13.6. The van der Waals surface area contributed by atoms with Crippen LogP contribution in [-0.2, 0) is 20.9 Å². The van der Waals surface area contributed by atoms with E-state index in [1.165, 1.54) is 9.80 Å². The van der Waals surface area contributed by atoms with Crippen molar-refractivity contribution in [3.63, 3.8) is 0 Å². The molecule has 212 valence electrons. The number of benzene rings is 4. The number of hydrogen-bond acceptors (Lipinski definition) is 5. The number of anilines is 2. The van der Waals surface area contributed by atoms with E-state index in [0.717, 1.165) is 16.7 Å². The lowest BCUT2D eigenvalue weighted by Gasteiger charge is -2.33. The van der Waals surface area contributed by atoms with E-state index in [9.17, 15) is 19.2 Å². The van der Waals surface area contributed by atoms with Crippen molar-refractivity contribution >= 4 is 34.9 Å². The zero-order valence-corrected chi connectivity index (χ0v) is 23.7. The van der Waals surface area contributed by atoms with Crippen LogP contribution in [0.5, 0.6) is 5.75 Å². The molecule has 1 atom stereocenters. The molecule has 3 amide bonds. The highest BCUT2D eigenvalue weighted by molar-refractivity contribution is 6.52. The van der Waals surface area contributed by atoms with E-state index < -0.39 is 36.1 Å². The number of aryl methyl sites for hydroxylation is 2. The summed E-state index contributed by atoms with van der Waals surface area (Å²) in [4.78, 5) is 56.4. The number of amides is 3. The summed E-state index contributed by atoms with van der Waals surface area (Å²) in [6, 6.07) is 27.6. The van der Waals surface area contributed by atoms with E-state index in [-0.39, 0.29) is 12.1 Å². The number of hydrogen-bond donors (Lipinski definition) is 1. The Morgan fingerprint density at radius 1 is 0.833 bits per heavy atom. The third-order valence-electron chi connectivity index (χ3n) is 7.28. The number of rotatable bonds is 9. The quantitative estimate of drug-likeness (QED) is 0.282. The molecule has 0 fully saturated rings. The lowest BCUT2D eigenvalue weighted by molar-refractivity contribution is -0.139. The normalized spacial score (nSPS) is 13.0.